The van der Waals surface area contributed by atoms with Crippen LogP contribution in [0.2, 0.25) is 0 Å². The molecule has 1 saturated heterocycles. The number of benzene rings is 3. The van der Waals surface area contributed by atoms with Crippen LogP contribution in [0.15, 0.2) is 77.7 Å². The maximum atomic E-state index is 13.0. The summed E-state index contributed by atoms with van der Waals surface area (Å²) in [5.74, 6) is 0.442. The minimum atomic E-state index is -0.443. The molecule has 1 aliphatic heterocycles. The highest BCUT2D eigenvalue weighted by Crippen LogP contribution is 2.33. The molecule has 172 valence electrons. The Balaban J connectivity index is 1.48. The van der Waals surface area contributed by atoms with Crippen molar-refractivity contribution >= 4 is 46.2 Å². The van der Waals surface area contributed by atoms with Crippen LogP contribution in [0.5, 0.6) is 11.5 Å². The molecular weight excluding hydrogens is 468 g/mol. The average molecular weight is 491 g/mol. The number of carbonyl (C=O) groups is 2. The average Bonchev–Trinajstić information content (AvgIpc) is 3.11. The Hall–Kier alpha value is -3.62. The molecule has 0 spiro atoms. The third-order valence-electron chi connectivity index (χ3n) is 5.04. The predicted molar refractivity (Wildman–Crippen MR) is 137 cm³/mol. The van der Waals surface area contributed by atoms with Gasteiger partial charge in [0.15, 0.2) is 4.32 Å². The van der Waals surface area contributed by atoms with Crippen LogP contribution >= 0.6 is 24.0 Å². The van der Waals surface area contributed by atoms with E-state index in [1.165, 1.54) is 0 Å². The number of ether oxygens (including phenoxy) is 2. The quantitative estimate of drug-likeness (QED) is 0.366. The molecule has 3 aromatic carbocycles. The lowest BCUT2D eigenvalue weighted by atomic mass is 10.1. The second kappa shape index (κ2) is 10.5. The zero-order valence-corrected chi connectivity index (χ0v) is 20.2. The summed E-state index contributed by atoms with van der Waals surface area (Å²) in [6, 6.07) is 22.2. The van der Waals surface area contributed by atoms with Crippen molar-refractivity contribution in [1.29, 1.82) is 0 Å². The number of hydrogen-bond donors (Lipinski definition) is 1. The zero-order valence-electron chi connectivity index (χ0n) is 18.6. The number of hydrazine groups is 1. The highest BCUT2D eigenvalue weighted by atomic mass is 32.2. The van der Waals surface area contributed by atoms with Crippen molar-refractivity contribution < 1.29 is 19.1 Å². The van der Waals surface area contributed by atoms with E-state index in [4.69, 9.17) is 21.7 Å². The highest BCUT2D eigenvalue weighted by Gasteiger charge is 2.34. The number of carbonyl (C=O) groups excluding carboxylic acids is 2. The molecule has 0 radical (unpaired) electrons. The van der Waals surface area contributed by atoms with Gasteiger partial charge in [-0.05, 0) is 61.1 Å². The SMILES string of the molecule is COc1ccc(C(=O)NN2C(=O)/C(=C/c3ccccc3OCc3cccc(C)c3)SC2=S)cc1. The summed E-state index contributed by atoms with van der Waals surface area (Å²) in [6.07, 6.45) is 1.73. The van der Waals surface area contributed by atoms with E-state index in [0.717, 1.165) is 33.5 Å². The van der Waals surface area contributed by atoms with E-state index in [-0.39, 0.29) is 4.32 Å². The molecule has 0 unspecified atom stereocenters. The summed E-state index contributed by atoms with van der Waals surface area (Å²) in [5, 5.41) is 1.09. The molecule has 0 saturated carbocycles. The second-order valence-corrected chi connectivity index (χ2v) is 9.18. The van der Waals surface area contributed by atoms with E-state index >= 15 is 0 Å². The molecule has 0 atom stereocenters. The highest BCUT2D eigenvalue weighted by molar-refractivity contribution is 8.26. The monoisotopic (exact) mass is 490 g/mol. The zero-order chi connectivity index (χ0) is 24.1. The lowest BCUT2D eigenvalue weighted by molar-refractivity contribution is -0.123. The maximum Gasteiger partial charge on any atom is 0.285 e. The van der Waals surface area contributed by atoms with Crippen LogP contribution in [-0.4, -0.2) is 28.3 Å². The Labute approximate surface area is 207 Å². The van der Waals surface area contributed by atoms with E-state index in [0.29, 0.717) is 28.6 Å². The van der Waals surface area contributed by atoms with Gasteiger partial charge in [0, 0.05) is 11.1 Å². The molecular formula is C26H22N2O4S2. The fourth-order valence-electron chi connectivity index (χ4n) is 3.31. The van der Waals surface area contributed by atoms with Crippen LogP contribution in [0, 0.1) is 6.92 Å². The number of methoxy groups -OCH3 is 1. The Bertz CT molecular complexity index is 1270. The molecule has 4 rings (SSSR count). The number of nitrogens with one attached hydrogen (secondary N) is 1. The maximum absolute atomic E-state index is 13.0. The van der Waals surface area contributed by atoms with E-state index in [9.17, 15) is 9.59 Å². The van der Waals surface area contributed by atoms with Crippen molar-refractivity contribution in [2.24, 2.45) is 0 Å². The van der Waals surface area contributed by atoms with Crippen molar-refractivity contribution in [1.82, 2.24) is 10.4 Å². The van der Waals surface area contributed by atoms with E-state index < -0.39 is 11.8 Å². The standard InChI is InChI=1S/C26H22N2O4S2/c1-17-6-5-7-18(14-17)16-32-22-9-4-3-8-20(22)15-23-25(30)28(26(33)34-23)27-24(29)19-10-12-21(31-2)13-11-19/h3-15H,16H2,1-2H3,(H,27,29)/b23-15-. The minimum absolute atomic E-state index is 0.247. The number of rotatable bonds is 7. The van der Waals surface area contributed by atoms with Crippen molar-refractivity contribution in [3.63, 3.8) is 0 Å². The summed E-state index contributed by atoms with van der Waals surface area (Å²) in [7, 11) is 1.55. The molecule has 0 aliphatic carbocycles. The molecule has 0 bridgehead atoms. The number of thioether (sulfide) groups is 1. The minimum Gasteiger partial charge on any atom is -0.497 e. The predicted octanol–water partition coefficient (Wildman–Crippen LogP) is 5.13. The van der Waals surface area contributed by atoms with E-state index in [1.807, 2.05) is 49.4 Å². The van der Waals surface area contributed by atoms with Gasteiger partial charge in [0.2, 0.25) is 0 Å². The number of nitrogens with zero attached hydrogens (tertiary/aromatic N) is 1. The summed E-state index contributed by atoms with van der Waals surface area (Å²) < 4.78 is 11.4. The first-order chi connectivity index (χ1) is 16.4. The molecule has 3 aromatic rings. The summed E-state index contributed by atoms with van der Waals surface area (Å²) in [4.78, 5) is 26.0. The van der Waals surface area contributed by atoms with Crippen LogP contribution in [0.3, 0.4) is 0 Å². The number of amides is 2. The van der Waals surface area contributed by atoms with Crippen LogP contribution in [0.25, 0.3) is 6.08 Å². The fourth-order valence-corrected chi connectivity index (χ4v) is 4.48. The van der Waals surface area contributed by atoms with Crippen LogP contribution in [0.4, 0.5) is 0 Å². The first-order valence-electron chi connectivity index (χ1n) is 10.4. The van der Waals surface area contributed by atoms with Gasteiger partial charge in [-0.25, -0.2) is 0 Å². The molecule has 1 heterocycles. The fraction of sp³-hybridized carbons (Fsp3) is 0.115. The van der Waals surface area contributed by atoms with Gasteiger partial charge in [-0.3, -0.25) is 15.0 Å². The largest absolute Gasteiger partial charge is 0.497 e. The van der Waals surface area contributed by atoms with Gasteiger partial charge in [-0.1, -0.05) is 59.8 Å². The van der Waals surface area contributed by atoms with Crippen LogP contribution in [-0.2, 0) is 11.4 Å². The van der Waals surface area contributed by atoms with Gasteiger partial charge in [0.05, 0.1) is 12.0 Å². The second-order valence-electron chi connectivity index (χ2n) is 7.50. The molecule has 1 N–H and O–H groups in total. The third kappa shape index (κ3) is 5.47. The van der Waals surface area contributed by atoms with Gasteiger partial charge < -0.3 is 9.47 Å². The van der Waals surface area contributed by atoms with Crippen molar-refractivity contribution in [2.75, 3.05) is 7.11 Å². The Morgan fingerprint density at radius 3 is 2.59 bits per heavy atom. The Morgan fingerprint density at radius 1 is 1.09 bits per heavy atom. The number of hydrogen-bond acceptors (Lipinski definition) is 6. The third-order valence-corrected chi connectivity index (χ3v) is 6.34. The first-order valence-corrected chi connectivity index (χ1v) is 11.7. The van der Waals surface area contributed by atoms with Gasteiger partial charge in [-0.15, -0.1) is 0 Å². The number of para-hydroxylation sites is 1. The van der Waals surface area contributed by atoms with E-state index in [1.54, 1.807) is 37.5 Å². The normalized spacial score (nSPS) is 14.4. The smallest absolute Gasteiger partial charge is 0.285 e. The van der Waals surface area contributed by atoms with Crippen molar-refractivity contribution in [3.05, 3.63) is 100.0 Å². The topological polar surface area (TPSA) is 67.9 Å². The molecule has 0 aromatic heterocycles. The molecule has 1 aliphatic rings. The Kier molecular flexibility index (Phi) is 7.30. The summed E-state index contributed by atoms with van der Waals surface area (Å²) >= 11 is 6.46. The van der Waals surface area contributed by atoms with Crippen molar-refractivity contribution in [3.8, 4) is 11.5 Å². The molecule has 2 amide bonds. The van der Waals surface area contributed by atoms with Gasteiger partial charge in [0.25, 0.3) is 11.8 Å². The van der Waals surface area contributed by atoms with Gasteiger partial charge in [0.1, 0.15) is 18.1 Å². The molecule has 1 fully saturated rings. The van der Waals surface area contributed by atoms with E-state index in [2.05, 4.69) is 11.5 Å². The van der Waals surface area contributed by atoms with Crippen LogP contribution in [0.1, 0.15) is 27.0 Å². The number of thiocarbonyl (C=S) groups is 1. The molecule has 34 heavy (non-hydrogen) atoms. The number of aryl methyl sites for hydroxylation is 1. The Morgan fingerprint density at radius 2 is 1.85 bits per heavy atom. The van der Waals surface area contributed by atoms with Crippen LogP contribution < -0.4 is 14.9 Å². The van der Waals surface area contributed by atoms with Gasteiger partial charge >= 0.3 is 0 Å². The summed E-state index contributed by atoms with van der Waals surface area (Å²) in [5.41, 5.74) is 5.93. The van der Waals surface area contributed by atoms with Gasteiger partial charge in [-0.2, -0.15) is 5.01 Å². The lowest BCUT2D eigenvalue weighted by Gasteiger charge is -2.15. The molecule has 6 nitrogen and oxygen atoms in total. The lowest BCUT2D eigenvalue weighted by Crippen LogP contribution is -2.44. The first kappa shape index (κ1) is 23.5. The van der Waals surface area contributed by atoms with Crippen molar-refractivity contribution in [2.45, 2.75) is 13.5 Å². The molecule has 8 heteroatoms. The summed E-state index contributed by atoms with van der Waals surface area (Å²) in [6.45, 7) is 2.44.